The topological polar surface area (TPSA) is 50.1 Å². The van der Waals surface area contributed by atoms with Crippen molar-refractivity contribution in [1.82, 2.24) is 10.9 Å². The zero-order valence-corrected chi connectivity index (χ0v) is 9.77. The highest BCUT2D eigenvalue weighted by atomic mass is 79.9. The van der Waals surface area contributed by atoms with Crippen molar-refractivity contribution in [3.05, 3.63) is 33.3 Å². The van der Waals surface area contributed by atoms with Crippen LogP contribution in [0.1, 0.15) is 18.0 Å². The predicted octanol–water partition coefficient (Wildman–Crippen LogP) is 1.93. The molecule has 1 saturated heterocycles. The molecule has 5 heteroatoms. The molecular formula is C9H11BrClN3. The summed E-state index contributed by atoms with van der Waals surface area (Å²) in [6.45, 7) is 0. The maximum atomic E-state index is 5.86. The van der Waals surface area contributed by atoms with Crippen molar-refractivity contribution in [2.24, 2.45) is 5.73 Å². The molecule has 1 aliphatic heterocycles. The third kappa shape index (κ3) is 2.10. The van der Waals surface area contributed by atoms with Crippen molar-refractivity contribution in [3.8, 4) is 0 Å². The van der Waals surface area contributed by atoms with Gasteiger partial charge < -0.3 is 5.73 Å². The van der Waals surface area contributed by atoms with Gasteiger partial charge in [-0.1, -0.05) is 33.6 Å². The van der Waals surface area contributed by atoms with Gasteiger partial charge in [0.2, 0.25) is 0 Å². The summed E-state index contributed by atoms with van der Waals surface area (Å²) in [5.74, 6) is 0. The van der Waals surface area contributed by atoms with E-state index in [0.29, 0.717) is 0 Å². The van der Waals surface area contributed by atoms with E-state index in [1.165, 1.54) is 5.56 Å². The van der Waals surface area contributed by atoms with E-state index >= 15 is 0 Å². The van der Waals surface area contributed by atoms with Crippen LogP contribution in [0.2, 0.25) is 5.02 Å². The summed E-state index contributed by atoms with van der Waals surface area (Å²) in [5, 5.41) is 0.732. The van der Waals surface area contributed by atoms with Crippen LogP contribution in [0.3, 0.4) is 0 Å². The second kappa shape index (κ2) is 4.16. The smallest absolute Gasteiger partial charge is 0.0698 e. The first-order valence-electron chi connectivity index (χ1n) is 4.38. The highest BCUT2D eigenvalue weighted by Gasteiger charge is 2.23. The van der Waals surface area contributed by atoms with Crippen LogP contribution in [-0.2, 0) is 0 Å². The van der Waals surface area contributed by atoms with Crippen LogP contribution in [0, 0.1) is 0 Å². The Kier molecular flexibility index (Phi) is 3.09. The Morgan fingerprint density at radius 1 is 1.43 bits per heavy atom. The van der Waals surface area contributed by atoms with Crippen LogP contribution < -0.4 is 16.6 Å². The Hall–Kier alpha value is -0.130. The minimum atomic E-state index is 0.0163. The van der Waals surface area contributed by atoms with Gasteiger partial charge in [0.15, 0.2) is 0 Å². The van der Waals surface area contributed by atoms with Gasteiger partial charge in [0.1, 0.15) is 0 Å². The Bertz CT molecular complexity index is 345. The molecule has 0 radical (unpaired) electrons. The highest BCUT2D eigenvalue weighted by Crippen LogP contribution is 2.29. The molecule has 4 N–H and O–H groups in total. The van der Waals surface area contributed by atoms with Gasteiger partial charge in [0.25, 0.3) is 0 Å². The zero-order valence-electron chi connectivity index (χ0n) is 7.43. The van der Waals surface area contributed by atoms with Crippen molar-refractivity contribution < 1.29 is 0 Å². The van der Waals surface area contributed by atoms with Crippen LogP contribution in [0.5, 0.6) is 0 Å². The lowest BCUT2D eigenvalue weighted by Crippen LogP contribution is -2.36. The molecule has 1 aromatic rings. The number of rotatable bonds is 1. The number of nitrogens with one attached hydrogen (secondary N) is 2. The van der Waals surface area contributed by atoms with Gasteiger partial charge in [-0.05, 0) is 24.1 Å². The summed E-state index contributed by atoms with van der Waals surface area (Å²) >= 11 is 9.35. The maximum absolute atomic E-state index is 5.86. The normalized spacial score (nSPS) is 26.8. The molecule has 14 heavy (non-hydrogen) atoms. The third-order valence-electron chi connectivity index (χ3n) is 2.27. The van der Waals surface area contributed by atoms with Crippen molar-refractivity contribution in [2.75, 3.05) is 0 Å². The van der Waals surface area contributed by atoms with E-state index in [4.69, 9.17) is 17.3 Å². The van der Waals surface area contributed by atoms with Gasteiger partial charge in [0, 0.05) is 9.50 Å². The van der Waals surface area contributed by atoms with Gasteiger partial charge >= 0.3 is 0 Å². The number of hydrogen-bond acceptors (Lipinski definition) is 3. The summed E-state index contributed by atoms with van der Waals surface area (Å²) in [5.41, 5.74) is 13.0. The lowest BCUT2D eigenvalue weighted by molar-refractivity contribution is 0.551. The van der Waals surface area contributed by atoms with Crippen LogP contribution in [-0.4, -0.2) is 6.17 Å². The molecule has 0 aliphatic carbocycles. The molecule has 2 atom stereocenters. The van der Waals surface area contributed by atoms with E-state index in [-0.39, 0.29) is 12.2 Å². The second-order valence-corrected chi connectivity index (χ2v) is 4.64. The molecule has 76 valence electrons. The van der Waals surface area contributed by atoms with E-state index in [9.17, 15) is 0 Å². The fraction of sp³-hybridized carbons (Fsp3) is 0.333. The number of hydrogen-bond donors (Lipinski definition) is 3. The van der Waals surface area contributed by atoms with Crippen LogP contribution in [0.4, 0.5) is 0 Å². The van der Waals surface area contributed by atoms with Crippen molar-refractivity contribution in [2.45, 2.75) is 18.6 Å². The monoisotopic (exact) mass is 275 g/mol. The molecule has 1 fully saturated rings. The molecule has 3 nitrogen and oxygen atoms in total. The molecule has 0 spiro atoms. The van der Waals surface area contributed by atoms with Gasteiger partial charge in [-0.25, -0.2) is 10.9 Å². The summed E-state index contributed by atoms with van der Waals surface area (Å²) < 4.78 is 1.01. The van der Waals surface area contributed by atoms with Crippen molar-refractivity contribution in [1.29, 1.82) is 0 Å². The van der Waals surface area contributed by atoms with Crippen molar-refractivity contribution >= 4 is 27.5 Å². The van der Waals surface area contributed by atoms with E-state index in [2.05, 4.69) is 26.8 Å². The minimum absolute atomic E-state index is 0.0163. The molecule has 0 bridgehead atoms. The maximum Gasteiger partial charge on any atom is 0.0698 e. The van der Waals surface area contributed by atoms with Crippen LogP contribution in [0.15, 0.2) is 22.7 Å². The lowest BCUT2D eigenvalue weighted by Gasteiger charge is -2.11. The molecular weight excluding hydrogens is 265 g/mol. The molecule has 0 saturated carbocycles. The first kappa shape index (κ1) is 10.4. The van der Waals surface area contributed by atoms with E-state index in [1.807, 2.05) is 18.2 Å². The quantitative estimate of drug-likeness (QED) is 0.734. The number of halogens is 2. The van der Waals surface area contributed by atoms with Gasteiger partial charge in [-0.15, -0.1) is 0 Å². The molecule has 1 aromatic carbocycles. The zero-order chi connectivity index (χ0) is 10.1. The standard InChI is InChI=1S/C9H11BrClN3/c10-7-3-5(11)1-2-6(7)8-4-9(12)14-13-8/h1-3,8-9,13-14H,4,12H2. The van der Waals surface area contributed by atoms with E-state index in [0.717, 1.165) is 15.9 Å². The number of nitrogens with two attached hydrogens (primary N) is 1. The summed E-state index contributed by atoms with van der Waals surface area (Å²) in [7, 11) is 0. The fourth-order valence-electron chi connectivity index (χ4n) is 1.57. The molecule has 1 aliphatic rings. The molecule has 2 unspecified atom stereocenters. The molecule has 0 aromatic heterocycles. The van der Waals surface area contributed by atoms with E-state index in [1.54, 1.807) is 0 Å². The average Bonchev–Trinajstić information content (AvgIpc) is 2.51. The van der Waals surface area contributed by atoms with Crippen LogP contribution in [0.25, 0.3) is 0 Å². The average molecular weight is 277 g/mol. The van der Waals surface area contributed by atoms with Gasteiger partial charge in [0.05, 0.1) is 12.2 Å². The number of hydrazine groups is 1. The summed E-state index contributed by atoms with van der Waals surface area (Å²) in [4.78, 5) is 0. The summed E-state index contributed by atoms with van der Waals surface area (Å²) in [6, 6.07) is 6.02. The van der Waals surface area contributed by atoms with Crippen molar-refractivity contribution in [3.63, 3.8) is 0 Å². The SMILES string of the molecule is NC1CC(c2ccc(Cl)cc2Br)NN1. The highest BCUT2D eigenvalue weighted by molar-refractivity contribution is 9.10. The Morgan fingerprint density at radius 3 is 2.79 bits per heavy atom. The lowest BCUT2D eigenvalue weighted by atomic mass is 10.1. The number of benzene rings is 1. The molecule has 2 rings (SSSR count). The minimum Gasteiger partial charge on any atom is -0.315 e. The van der Waals surface area contributed by atoms with Gasteiger partial charge in [-0.3, -0.25) is 0 Å². The largest absolute Gasteiger partial charge is 0.315 e. The molecule has 1 heterocycles. The Labute approximate surface area is 96.1 Å². The Morgan fingerprint density at radius 2 is 2.21 bits per heavy atom. The van der Waals surface area contributed by atoms with Crippen LogP contribution >= 0.6 is 27.5 Å². The summed E-state index contributed by atoms with van der Waals surface area (Å²) in [6.07, 6.45) is 0.892. The fourth-order valence-corrected chi connectivity index (χ4v) is 2.53. The van der Waals surface area contributed by atoms with Gasteiger partial charge in [-0.2, -0.15) is 0 Å². The predicted molar refractivity (Wildman–Crippen MR) is 60.8 cm³/mol. The molecule has 0 amide bonds. The second-order valence-electron chi connectivity index (χ2n) is 3.35. The Balaban J connectivity index is 2.24. The third-order valence-corrected chi connectivity index (χ3v) is 3.19. The first-order valence-corrected chi connectivity index (χ1v) is 5.55. The first-order chi connectivity index (χ1) is 6.66. The van der Waals surface area contributed by atoms with E-state index < -0.39 is 0 Å².